The van der Waals surface area contributed by atoms with E-state index in [0.29, 0.717) is 0 Å². The van der Waals surface area contributed by atoms with Crippen molar-refractivity contribution in [3.63, 3.8) is 0 Å². The lowest BCUT2D eigenvalue weighted by Gasteiger charge is -2.14. The first-order valence-corrected chi connectivity index (χ1v) is 5.53. The van der Waals surface area contributed by atoms with Gasteiger partial charge in [0.25, 0.3) is 19.8 Å². The molecule has 78 valence electrons. The molecule has 0 spiro atoms. The minimum Gasteiger partial charge on any atom is -0.334 e. The van der Waals surface area contributed by atoms with Crippen LogP contribution < -0.4 is 5.32 Å². The molecule has 0 aliphatic carbocycles. The van der Waals surface area contributed by atoms with Crippen LogP contribution in [0.1, 0.15) is 6.92 Å². The molecule has 2 N–H and O–H groups in total. The van der Waals surface area contributed by atoms with Crippen LogP contribution in [0.3, 0.4) is 0 Å². The predicted molar refractivity (Wildman–Crippen MR) is 49.4 cm³/mol. The van der Waals surface area contributed by atoms with Crippen molar-refractivity contribution in [1.29, 1.82) is 0 Å². The quantitative estimate of drug-likeness (QED) is 0.572. The Kier molecular flexibility index (Phi) is 4.26. The Labute approximate surface area is 90.1 Å². The average Bonchev–Trinajstić information content (AvgIpc) is 1.82. The van der Waals surface area contributed by atoms with Crippen molar-refractivity contribution in [3.05, 3.63) is 0 Å². The summed E-state index contributed by atoms with van der Waals surface area (Å²) in [4.78, 5) is 10.8. The van der Waals surface area contributed by atoms with Gasteiger partial charge in [-0.15, -0.1) is 0 Å². The van der Waals surface area contributed by atoms with Crippen LogP contribution in [0.25, 0.3) is 0 Å². The zero-order valence-corrected chi connectivity index (χ0v) is 9.38. The van der Waals surface area contributed by atoms with E-state index >= 15 is 0 Å². The molecule has 0 fully saturated rings. The average molecular weight is 271 g/mol. The number of rotatable bonds is 2. The SMILES string of the molecule is CC(NC(=O)C(Cl)(Cl)Cl)S(=O)(=O)O. The smallest absolute Gasteiger partial charge is 0.285 e. The minimum atomic E-state index is -4.37. The molecule has 0 aliphatic heterocycles. The molecule has 0 saturated heterocycles. The lowest BCUT2D eigenvalue weighted by Crippen LogP contribution is -2.43. The Hall–Kier alpha value is 0.250. The molecule has 0 saturated carbocycles. The van der Waals surface area contributed by atoms with Gasteiger partial charge in [0, 0.05) is 0 Å². The van der Waals surface area contributed by atoms with E-state index in [-0.39, 0.29) is 0 Å². The molecular formula is C4H6Cl3NO4S. The lowest BCUT2D eigenvalue weighted by molar-refractivity contribution is -0.120. The van der Waals surface area contributed by atoms with Crippen molar-refractivity contribution in [2.24, 2.45) is 0 Å². The van der Waals surface area contributed by atoms with Crippen molar-refractivity contribution in [1.82, 2.24) is 5.32 Å². The Morgan fingerprint density at radius 1 is 1.46 bits per heavy atom. The fourth-order valence-corrected chi connectivity index (χ4v) is 0.761. The van der Waals surface area contributed by atoms with Crippen molar-refractivity contribution in [2.75, 3.05) is 0 Å². The van der Waals surface area contributed by atoms with E-state index in [4.69, 9.17) is 39.4 Å². The van der Waals surface area contributed by atoms with Gasteiger partial charge in [-0.3, -0.25) is 9.35 Å². The summed E-state index contributed by atoms with van der Waals surface area (Å²) in [6.45, 7) is 1.03. The van der Waals surface area contributed by atoms with E-state index in [2.05, 4.69) is 0 Å². The maximum atomic E-state index is 10.8. The maximum Gasteiger partial charge on any atom is 0.285 e. The van der Waals surface area contributed by atoms with Gasteiger partial charge in [-0.1, -0.05) is 34.8 Å². The molecule has 1 amide bonds. The van der Waals surface area contributed by atoms with Gasteiger partial charge in [-0.25, -0.2) is 0 Å². The third-order valence-electron chi connectivity index (χ3n) is 1.04. The summed E-state index contributed by atoms with van der Waals surface area (Å²) < 4.78 is 27.0. The molecule has 0 aromatic rings. The number of hydrogen-bond acceptors (Lipinski definition) is 3. The van der Waals surface area contributed by atoms with Gasteiger partial charge in [0.2, 0.25) is 0 Å². The van der Waals surface area contributed by atoms with Crippen LogP contribution in [0, 0.1) is 0 Å². The predicted octanol–water partition coefficient (Wildman–Crippen LogP) is 0.707. The maximum absolute atomic E-state index is 10.8. The van der Waals surface area contributed by atoms with E-state index in [0.717, 1.165) is 6.92 Å². The second kappa shape index (κ2) is 4.18. The van der Waals surface area contributed by atoms with Crippen LogP contribution in [0.4, 0.5) is 0 Å². The fraction of sp³-hybridized carbons (Fsp3) is 0.750. The summed E-state index contributed by atoms with van der Waals surface area (Å²) in [6, 6.07) is 0. The van der Waals surface area contributed by atoms with Gasteiger partial charge in [-0.05, 0) is 6.92 Å². The molecule has 0 radical (unpaired) electrons. The van der Waals surface area contributed by atoms with E-state index < -0.39 is 25.2 Å². The van der Waals surface area contributed by atoms with Crippen LogP contribution in [0.5, 0.6) is 0 Å². The van der Waals surface area contributed by atoms with E-state index in [1.165, 1.54) is 0 Å². The van der Waals surface area contributed by atoms with Crippen LogP contribution in [-0.4, -0.2) is 28.0 Å². The van der Waals surface area contributed by atoms with Gasteiger partial charge in [0.15, 0.2) is 5.37 Å². The highest BCUT2D eigenvalue weighted by Gasteiger charge is 2.33. The number of carbonyl (C=O) groups excluding carboxylic acids is 1. The highest BCUT2D eigenvalue weighted by molar-refractivity contribution is 7.86. The molecule has 0 heterocycles. The van der Waals surface area contributed by atoms with Crippen molar-refractivity contribution >= 4 is 50.8 Å². The molecule has 0 rings (SSSR count). The van der Waals surface area contributed by atoms with Crippen LogP contribution >= 0.6 is 34.8 Å². The second-order valence-electron chi connectivity index (χ2n) is 2.13. The van der Waals surface area contributed by atoms with Gasteiger partial charge in [-0.2, -0.15) is 8.42 Å². The summed E-state index contributed by atoms with van der Waals surface area (Å²) in [5, 5.41) is 0.269. The third-order valence-corrected chi connectivity index (χ3v) is 2.56. The number of carbonyl (C=O) groups is 1. The number of amides is 1. The number of alkyl halides is 3. The van der Waals surface area contributed by atoms with E-state index in [9.17, 15) is 13.2 Å². The molecule has 5 nitrogen and oxygen atoms in total. The van der Waals surface area contributed by atoms with Gasteiger partial charge in [0.1, 0.15) is 0 Å². The summed E-state index contributed by atoms with van der Waals surface area (Å²) in [5.41, 5.74) is 0. The van der Waals surface area contributed by atoms with Gasteiger partial charge < -0.3 is 5.32 Å². The van der Waals surface area contributed by atoms with Crippen molar-refractivity contribution in [3.8, 4) is 0 Å². The lowest BCUT2D eigenvalue weighted by atomic mass is 10.6. The van der Waals surface area contributed by atoms with Crippen molar-refractivity contribution < 1.29 is 17.8 Å². The highest BCUT2D eigenvalue weighted by Crippen LogP contribution is 2.26. The normalized spacial score (nSPS) is 15.2. The first-order valence-electron chi connectivity index (χ1n) is 2.89. The highest BCUT2D eigenvalue weighted by atomic mass is 35.6. The summed E-state index contributed by atoms with van der Waals surface area (Å²) in [5.74, 6) is -1.12. The van der Waals surface area contributed by atoms with Gasteiger partial charge >= 0.3 is 0 Å². The molecule has 1 atom stereocenters. The summed E-state index contributed by atoms with van der Waals surface area (Å²) in [6.07, 6.45) is 0. The molecule has 13 heavy (non-hydrogen) atoms. The molecule has 1 unspecified atom stereocenters. The van der Waals surface area contributed by atoms with Crippen LogP contribution in [0.2, 0.25) is 0 Å². The van der Waals surface area contributed by atoms with E-state index in [1.54, 1.807) is 5.32 Å². The molecule has 0 aromatic carbocycles. The van der Waals surface area contributed by atoms with Gasteiger partial charge in [0.05, 0.1) is 0 Å². The Morgan fingerprint density at radius 3 is 2.08 bits per heavy atom. The zero-order valence-electron chi connectivity index (χ0n) is 6.29. The fourth-order valence-electron chi connectivity index (χ4n) is 0.341. The third kappa shape index (κ3) is 4.87. The Morgan fingerprint density at radius 2 is 1.85 bits per heavy atom. The molecule has 0 aliphatic rings. The van der Waals surface area contributed by atoms with Crippen LogP contribution in [-0.2, 0) is 14.9 Å². The second-order valence-corrected chi connectivity index (χ2v) is 6.15. The minimum absolute atomic E-state index is 1.03. The largest absolute Gasteiger partial charge is 0.334 e. The number of nitrogens with one attached hydrogen (secondary N) is 1. The summed E-state index contributed by atoms with van der Waals surface area (Å²) >= 11 is 15.4. The standard InChI is InChI=1S/C4H6Cl3NO4S/c1-2(13(10,11)12)8-3(9)4(5,6)7/h2H,1H3,(H,8,9)(H,10,11,12). The van der Waals surface area contributed by atoms with Crippen molar-refractivity contribution in [2.45, 2.75) is 16.1 Å². The monoisotopic (exact) mass is 269 g/mol. The number of hydrogen-bond donors (Lipinski definition) is 2. The molecule has 9 heteroatoms. The van der Waals surface area contributed by atoms with E-state index in [1.807, 2.05) is 0 Å². The first-order chi connectivity index (χ1) is 5.55. The van der Waals surface area contributed by atoms with Crippen LogP contribution in [0.15, 0.2) is 0 Å². The topological polar surface area (TPSA) is 83.5 Å². The Balaban J connectivity index is 4.42. The molecular weight excluding hydrogens is 264 g/mol. The molecule has 0 aromatic heterocycles. The first kappa shape index (κ1) is 13.2. The zero-order chi connectivity index (χ0) is 10.9. The molecule has 0 bridgehead atoms. The summed E-state index contributed by atoms with van der Waals surface area (Å²) in [7, 11) is -4.37. The number of halogens is 3. The Bertz CT molecular complexity index is 295.